The molecule has 0 saturated carbocycles. The van der Waals surface area contributed by atoms with Gasteiger partial charge in [-0.25, -0.2) is 4.39 Å². The van der Waals surface area contributed by atoms with Crippen LogP contribution in [0.5, 0.6) is 0 Å². The van der Waals surface area contributed by atoms with Crippen LogP contribution in [0, 0.1) is 131 Å². The summed E-state index contributed by atoms with van der Waals surface area (Å²) in [4.78, 5) is 0. The van der Waals surface area contributed by atoms with Crippen molar-refractivity contribution >= 4 is 146 Å². The summed E-state index contributed by atoms with van der Waals surface area (Å²) in [6.07, 6.45) is -7.77. The molecule has 0 radical (unpaired) electrons. The van der Waals surface area contributed by atoms with E-state index in [2.05, 4.69) is 573 Å². The second kappa shape index (κ2) is 52.4. The maximum Gasteiger partial charge on any atom is 0.272 e. The van der Waals surface area contributed by atoms with E-state index in [4.69, 9.17) is 11.6 Å². The minimum absolute atomic E-state index is 0.253. The Morgan fingerprint density at radius 1 is 0.181 bits per heavy atom. The smallest absolute Gasteiger partial charge is 0.272 e. The fourth-order valence-corrected chi connectivity index (χ4v) is 19.4. The van der Waals surface area contributed by atoms with Crippen LogP contribution in [-0.2, 0) is 0 Å². The third kappa shape index (κ3) is 27.8. The quantitative estimate of drug-likeness (QED) is 0.0650. The molecule has 0 fully saturated rings. The van der Waals surface area contributed by atoms with Crippen molar-refractivity contribution in [3.63, 3.8) is 0 Å². The topological polar surface area (TPSA) is 0 Å². The van der Waals surface area contributed by atoms with Crippen LogP contribution in [0.15, 0.2) is 563 Å². The molecule has 0 N–H and O–H groups in total. The fraction of sp³-hybridized carbons (Fsp3) is 0.0286. The first-order chi connectivity index (χ1) is 73.0. The molecule has 0 spiro atoms. The summed E-state index contributed by atoms with van der Waals surface area (Å²) in [5.41, 5.74) is 26.8. The van der Waals surface area contributed by atoms with E-state index in [1.54, 1.807) is 12.1 Å². The lowest BCUT2D eigenvalue weighted by molar-refractivity contribution is 0.627. The molecule has 0 aromatic heterocycles. The number of aryl methyl sites for hydroxylation is 4. The standard InChI is InChI=1S/C36H28B.C26H19BBr.C26H19BCl.C26H19BF.C26H19BI/c1-29-5-13-33(14-6-29)21-25-37(26-22-34-15-7-30(2)8-16-34,27-23-35-17-9-31(3)10-18-35)28-24-36-19-11-32(4)12-20-36;4*28-26-18-16-22(17-19-26)20-21-27(23-10-4-1-5-11-23,24-12-6-2-7-13-24)25-14-8-3-9-15-25/h5-20H,1-4H3;4*1-19H/q5*-1. The van der Waals surface area contributed by atoms with E-state index >= 15 is 0 Å². The van der Waals surface area contributed by atoms with Gasteiger partial charge in [0.2, 0.25) is 0 Å². The molecule has 0 aliphatic heterocycles. The molecule has 20 rings (SSSR count). The summed E-state index contributed by atoms with van der Waals surface area (Å²) in [7, 11) is 0. The number of hydrogen-bond donors (Lipinski definition) is 0. The lowest BCUT2D eigenvalue weighted by Crippen LogP contribution is -2.66. The van der Waals surface area contributed by atoms with Crippen LogP contribution in [0.4, 0.5) is 4.39 Å². The van der Waals surface area contributed by atoms with Crippen LogP contribution < -0.4 is 65.6 Å². The zero-order valence-corrected chi connectivity index (χ0v) is 88.0. The Morgan fingerprint density at radius 2 is 0.322 bits per heavy atom. The maximum absolute atomic E-state index is 13.3. The predicted molar refractivity (Wildman–Crippen MR) is 653 cm³/mol. The van der Waals surface area contributed by atoms with Crippen LogP contribution in [0.1, 0.15) is 66.8 Å². The van der Waals surface area contributed by atoms with E-state index in [0.29, 0.717) is 0 Å². The average Bonchev–Trinajstić information content (AvgIpc) is 0.767. The fourth-order valence-electron chi connectivity index (χ4n) is 18.6. The van der Waals surface area contributed by atoms with Gasteiger partial charge < -0.3 is 0 Å². The van der Waals surface area contributed by atoms with Crippen LogP contribution in [0.3, 0.4) is 0 Å². The van der Waals surface area contributed by atoms with Gasteiger partial charge in [0, 0.05) is 57.6 Å². The van der Waals surface area contributed by atoms with E-state index in [0.717, 1.165) is 70.4 Å². The van der Waals surface area contributed by atoms with Crippen molar-refractivity contribution in [1.82, 2.24) is 0 Å². The van der Waals surface area contributed by atoms with Crippen LogP contribution in [0.2, 0.25) is 5.02 Å². The van der Waals surface area contributed by atoms with E-state index in [9.17, 15) is 4.39 Å². The Balaban J connectivity index is 0.000000133. The zero-order valence-electron chi connectivity index (χ0n) is 83.5. The first kappa shape index (κ1) is 104. The highest BCUT2D eigenvalue weighted by Crippen LogP contribution is 2.20. The Labute approximate surface area is 908 Å². The van der Waals surface area contributed by atoms with E-state index in [-0.39, 0.29) is 5.82 Å². The Morgan fingerprint density at radius 3 is 0.497 bits per heavy atom. The minimum atomic E-state index is -1.99. The molecule has 0 nitrogen and oxygen atoms in total. The third-order valence-corrected chi connectivity index (χ3v) is 28.1. The third-order valence-electron chi connectivity index (χ3n) is 26.6. The van der Waals surface area contributed by atoms with Crippen molar-refractivity contribution in [1.29, 1.82) is 0 Å². The van der Waals surface area contributed by atoms with Gasteiger partial charge in [-0.15, -0.1) is 47.4 Å². The molecule has 0 heterocycles. The monoisotopic (exact) mass is 2100 g/mol. The number of halogens is 4. The van der Waals surface area contributed by atoms with Crippen LogP contribution in [0.25, 0.3) is 0 Å². The number of hydrogen-bond acceptors (Lipinski definition) is 0. The summed E-state index contributed by atoms with van der Waals surface area (Å²) in [6.45, 7) is 8.27. The van der Waals surface area contributed by atoms with Crippen molar-refractivity contribution in [2.24, 2.45) is 0 Å². The molecule has 0 atom stereocenters. The van der Waals surface area contributed by atoms with Gasteiger partial charge in [-0.2, -0.15) is 65.6 Å². The molecule has 0 bridgehead atoms. The van der Waals surface area contributed by atoms with Gasteiger partial charge in [-0.05, 0) is 196 Å². The van der Waals surface area contributed by atoms with Gasteiger partial charge in [0.15, 0.2) is 0 Å². The predicted octanol–water partition coefficient (Wildman–Crippen LogP) is 24.2. The molecule has 0 aliphatic rings. The summed E-state index contributed by atoms with van der Waals surface area (Å²) in [5.74, 6) is 55.1. The molecular formula is C140H104B5BrClFI-5. The minimum Gasteiger partial charge on any atom is -0.292 e. The SMILES string of the molecule is Brc1ccc(C#C[B-](c2ccccc2)(c2ccccc2)c2ccccc2)cc1.Cc1ccc(C#C[B-](C#Cc2ccc(C)cc2)(C#Cc2ccc(C)cc2)C#Cc2ccc(C)cc2)cc1.Clc1ccc(C#C[B-](c2ccccc2)(c2ccccc2)c2ccccc2)cc1.Fc1ccc(C#C[B-](c2ccccc2)(c2ccccc2)c2ccccc2)cc1.Ic1ccc(C#C[B-](c2ccccc2)(c2ccccc2)c2ccccc2)cc1. The molecule has 149 heavy (non-hydrogen) atoms. The summed E-state index contributed by atoms with van der Waals surface area (Å²) in [5, 5.41) is 0.719. The van der Waals surface area contributed by atoms with Gasteiger partial charge in [-0.3, -0.25) is 46.6 Å². The summed E-state index contributed by atoms with van der Waals surface area (Å²) < 4.78 is 15.6. The molecule has 20 aromatic carbocycles. The van der Waals surface area contributed by atoms with Gasteiger partial charge in [-0.1, -0.05) is 462 Å². The van der Waals surface area contributed by atoms with E-state index < -0.39 is 30.7 Å². The largest absolute Gasteiger partial charge is 0.292 e. The molecule has 9 heteroatoms. The van der Waals surface area contributed by atoms with Crippen LogP contribution >= 0.6 is 50.1 Å². The lowest BCUT2D eigenvalue weighted by Gasteiger charge is -2.38. The number of benzene rings is 20. The second-order valence-corrected chi connectivity index (χ2v) is 39.5. The Hall–Kier alpha value is -17.4. The van der Waals surface area contributed by atoms with Crippen molar-refractivity contribution in [3.05, 3.63) is 644 Å². The summed E-state index contributed by atoms with van der Waals surface area (Å²) >= 11 is 11.9. The van der Waals surface area contributed by atoms with Crippen molar-refractivity contribution in [2.45, 2.75) is 27.7 Å². The van der Waals surface area contributed by atoms with Gasteiger partial charge >= 0.3 is 0 Å². The highest BCUT2D eigenvalue weighted by atomic mass is 127. The normalized spacial score (nSPS) is 10.5. The highest BCUT2D eigenvalue weighted by molar-refractivity contribution is 14.1. The second-order valence-electron chi connectivity index (χ2n) is 36.9. The lowest BCUT2D eigenvalue weighted by atomic mass is 9.16. The van der Waals surface area contributed by atoms with E-state index in [1.807, 2.05) is 121 Å². The van der Waals surface area contributed by atoms with Gasteiger partial charge in [0.05, 0.1) is 0 Å². The van der Waals surface area contributed by atoms with Crippen molar-refractivity contribution in [3.8, 4) is 93.9 Å². The van der Waals surface area contributed by atoms with Crippen LogP contribution in [-0.4, -0.2) is 30.7 Å². The molecule has 20 aromatic rings. The van der Waals surface area contributed by atoms with E-state index in [1.165, 1.54) is 87.1 Å². The maximum atomic E-state index is 13.3. The van der Waals surface area contributed by atoms with Gasteiger partial charge in [0.25, 0.3) is 6.15 Å². The first-order valence-electron chi connectivity index (χ1n) is 50.0. The average molecular weight is 2100 g/mol. The van der Waals surface area contributed by atoms with Crippen molar-refractivity contribution < 1.29 is 4.39 Å². The first-order valence-corrected chi connectivity index (χ1v) is 52.3. The molecular weight excluding hydrogens is 2000 g/mol. The van der Waals surface area contributed by atoms with Crippen molar-refractivity contribution in [2.75, 3.05) is 0 Å². The zero-order chi connectivity index (χ0) is 103. The highest BCUT2D eigenvalue weighted by Gasteiger charge is 2.32. The Bertz CT molecular complexity index is 6930. The molecule has 712 valence electrons. The molecule has 0 saturated heterocycles. The van der Waals surface area contributed by atoms with Gasteiger partial charge in [0.1, 0.15) is 30.4 Å². The Kier molecular flexibility index (Phi) is 36.8. The molecule has 0 unspecified atom stereocenters. The molecule has 0 amide bonds. The summed E-state index contributed by atoms with van der Waals surface area (Å²) in [6, 6.07) is 190. The number of rotatable bonds is 12. The molecule has 0 aliphatic carbocycles.